The number of nitrogens with one attached hydrogen (secondary N) is 1. The molecule has 132 valence electrons. The first-order chi connectivity index (χ1) is 12.1. The zero-order valence-electron chi connectivity index (χ0n) is 13.4. The standard InChI is InChI=1S/C16H17N3O6/c1-23-11-4-2-10(3-5-11)15(21)17-12-6-7-19(16(22)18-12)13-9-24-14(8-20)25-13/h2-7,13-14,20H,8-9H2,1H3,(H,17,18,21,22)/t13-,14-/m0/s1. The number of hydrogen-bond acceptors (Lipinski definition) is 7. The van der Waals surface area contributed by atoms with E-state index in [4.69, 9.17) is 19.3 Å². The molecular weight excluding hydrogens is 330 g/mol. The van der Waals surface area contributed by atoms with Crippen molar-refractivity contribution >= 4 is 11.7 Å². The highest BCUT2D eigenvalue weighted by atomic mass is 16.7. The minimum Gasteiger partial charge on any atom is -0.497 e. The van der Waals surface area contributed by atoms with Gasteiger partial charge in [-0.05, 0) is 30.3 Å². The number of hydrogen-bond donors (Lipinski definition) is 2. The van der Waals surface area contributed by atoms with Gasteiger partial charge in [-0.15, -0.1) is 0 Å². The third-order valence-corrected chi connectivity index (χ3v) is 3.62. The maximum absolute atomic E-state index is 12.2. The minimum absolute atomic E-state index is 0.125. The van der Waals surface area contributed by atoms with Crippen molar-refractivity contribution in [1.29, 1.82) is 0 Å². The average Bonchev–Trinajstić information content (AvgIpc) is 3.10. The summed E-state index contributed by atoms with van der Waals surface area (Å²) in [6.45, 7) is -0.168. The van der Waals surface area contributed by atoms with Gasteiger partial charge in [-0.25, -0.2) is 4.79 Å². The first kappa shape index (κ1) is 17.1. The predicted molar refractivity (Wildman–Crippen MR) is 86.4 cm³/mol. The van der Waals surface area contributed by atoms with Gasteiger partial charge < -0.3 is 24.6 Å². The number of aliphatic hydroxyl groups excluding tert-OH is 1. The molecule has 0 spiro atoms. The Morgan fingerprint density at radius 2 is 2.16 bits per heavy atom. The minimum atomic E-state index is -0.758. The molecule has 0 saturated carbocycles. The van der Waals surface area contributed by atoms with E-state index < -0.39 is 24.1 Å². The summed E-state index contributed by atoms with van der Waals surface area (Å²) >= 11 is 0. The molecule has 1 aromatic carbocycles. The third kappa shape index (κ3) is 3.85. The second-order valence-electron chi connectivity index (χ2n) is 5.22. The zero-order valence-corrected chi connectivity index (χ0v) is 13.4. The van der Waals surface area contributed by atoms with Crippen molar-refractivity contribution in [2.75, 3.05) is 25.6 Å². The molecule has 25 heavy (non-hydrogen) atoms. The van der Waals surface area contributed by atoms with Gasteiger partial charge in [0.15, 0.2) is 12.5 Å². The van der Waals surface area contributed by atoms with Crippen LogP contribution in [-0.4, -0.2) is 47.2 Å². The molecule has 2 atom stereocenters. The first-order valence-electron chi connectivity index (χ1n) is 7.53. The third-order valence-electron chi connectivity index (χ3n) is 3.62. The van der Waals surface area contributed by atoms with Crippen LogP contribution in [-0.2, 0) is 9.47 Å². The molecule has 1 fully saturated rings. The fourth-order valence-corrected chi connectivity index (χ4v) is 2.32. The largest absolute Gasteiger partial charge is 0.497 e. The van der Waals surface area contributed by atoms with Gasteiger partial charge in [-0.3, -0.25) is 9.36 Å². The summed E-state index contributed by atoms with van der Waals surface area (Å²) in [4.78, 5) is 28.1. The number of aromatic nitrogens is 2. The van der Waals surface area contributed by atoms with Gasteiger partial charge in [-0.2, -0.15) is 4.98 Å². The summed E-state index contributed by atoms with van der Waals surface area (Å²) < 4.78 is 16.8. The van der Waals surface area contributed by atoms with E-state index in [9.17, 15) is 9.59 Å². The summed E-state index contributed by atoms with van der Waals surface area (Å²) in [6.07, 6.45) is 0.0297. The lowest BCUT2D eigenvalue weighted by Crippen LogP contribution is -2.29. The predicted octanol–water partition coefficient (Wildman–Crippen LogP) is 0.368. The summed E-state index contributed by atoms with van der Waals surface area (Å²) in [5.74, 6) is 0.366. The van der Waals surface area contributed by atoms with E-state index in [1.165, 1.54) is 23.9 Å². The first-order valence-corrected chi connectivity index (χ1v) is 7.53. The molecular formula is C16H17N3O6. The molecule has 0 bridgehead atoms. The molecule has 0 radical (unpaired) electrons. The molecule has 9 heteroatoms. The number of carbonyl (C=O) groups is 1. The fourth-order valence-electron chi connectivity index (χ4n) is 2.32. The van der Waals surface area contributed by atoms with Gasteiger partial charge in [0.05, 0.1) is 20.3 Å². The summed E-state index contributed by atoms with van der Waals surface area (Å²) in [5, 5.41) is 11.5. The number of rotatable bonds is 5. The van der Waals surface area contributed by atoms with Gasteiger partial charge in [0.1, 0.15) is 11.6 Å². The van der Waals surface area contributed by atoms with Crippen LogP contribution in [0.25, 0.3) is 0 Å². The molecule has 1 saturated heterocycles. The van der Waals surface area contributed by atoms with Crippen molar-refractivity contribution in [2.45, 2.75) is 12.5 Å². The van der Waals surface area contributed by atoms with E-state index in [1.54, 1.807) is 24.3 Å². The van der Waals surface area contributed by atoms with Crippen LogP contribution < -0.4 is 15.7 Å². The fraction of sp³-hybridized carbons (Fsp3) is 0.312. The molecule has 1 aliphatic rings. The van der Waals surface area contributed by atoms with Crippen LogP contribution in [0.2, 0.25) is 0 Å². The molecule has 2 N–H and O–H groups in total. The molecule has 2 heterocycles. The Balaban J connectivity index is 1.70. The zero-order chi connectivity index (χ0) is 17.8. The highest BCUT2D eigenvalue weighted by Crippen LogP contribution is 2.19. The molecule has 9 nitrogen and oxygen atoms in total. The molecule has 3 rings (SSSR count). The van der Waals surface area contributed by atoms with Crippen LogP contribution in [0.5, 0.6) is 5.75 Å². The normalized spacial score (nSPS) is 19.6. The van der Waals surface area contributed by atoms with Gasteiger partial charge in [0, 0.05) is 11.8 Å². The topological polar surface area (TPSA) is 112 Å². The number of carbonyl (C=O) groups excluding carboxylic acids is 1. The monoisotopic (exact) mass is 347 g/mol. The van der Waals surface area contributed by atoms with E-state index in [2.05, 4.69) is 10.3 Å². The van der Waals surface area contributed by atoms with Gasteiger partial charge in [-0.1, -0.05) is 0 Å². The van der Waals surface area contributed by atoms with Gasteiger partial charge in [0.2, 0.25) is 0 Å². The van der Waals surface area contributed by atoms with Crippen LogP contribution in [0.4, 0.5) is 5.82 Å². The van der Waals surface area contributed by atoms with Crippen molar-refractivity contribution in [3.63, 3.8) is 0 Å². The van der Waals surface area contributed by atoms with E-state index in [0.29, 0.717) is 11.3 Å². The van der Waals surface area contributed by atoms with Crippen LogP contribution in [0, 0.1) is 0 Å². The number of nitrogens with zero attached hydrogens (tertiary/aromatic N) is 2. The van der Waals surface area contributed by atoms with E-state index >= 15 is 0 Å². The maximum Gasteiger partial charge on any atom is 0.351 e. The summed E-state index contributed by atoms with van der Waals surface area (Å²) in [5.41, 5.74) is -0.190. The van der Waals surface area contributed by atoms with Crippen molar-refractivity contribution in [3.05, 3.63) is 52.6 Å². The molecule has 1 amide bonds. The van der Waals surface area contributed by atoms with Crippen LogP contribution >= 0.6 is 0 Å². The lowest BCUT2D eigenvalue weighted by molar-refractivity contribution is -0.0992. The summed E-state index contributed by atoms with van der Waals surface area (Å²) in [7, 11) is 1.54. The lowest BCUT2D eigenvalue weighted by Gasteiger charge is -2.13. The molecule has 2 aromatic rings. The van der Waals surface area contributed by atoms with Crippen LogP contribution in [0.15, 0.2) is 41.3 Å². The highest BCUT2D eigenvalue weighted by molar-refractivity contribution is 6.03. The van der Waals surface area contributed by atoms with E-state index in [0.717, 1.165) is 0 Å². The Hall–Kier alpha value is -2.75. The molecule has 1 aliphatic heterocycles. The Labute approximate surface area is 142 Å². The number of anilines is 1. The number of aliphatic hydroxyl groups is 1. The van der Waals surface area contributed by atoms with Gasteiger partial charge in [0.25, 0.3) is 5.91 Å². The molecule has 0 unspecified atom stereocenters. The van der Waals surface area contributed by atoms with Gasteiger partial charge >= 0.3 is 5.69 Å². The Morgan fingerprint density at radius 3 is 2.76 bits per heavy atom. The average molecular weight is 347 g/mol. The smallest absolute Gasteiger partial charge is 0.351 e. The van der Waals surface area contributed by atoms with Crippen LogP contribution in [0.1, 0.15) is 16.6 Å². The quantitative estimate of drug-likeness (QED) is 0.803. The van der Waals surface area contributed by atoms with Crippen LogP contribution in [0.3, 0.4) is 0 Å². The maximum atomic E-state index is 12.2. The second kappa shape index (κ2) is 7.43. The van der Waals surface area contributed by atoms with E-state index in [-0.39, 0.29) is 19.0 Å². The lowest BCUT2D eigenvalue weighted by atomic mass is 10.2. The van der Waals surface area contributed by atoms with Crippen molar-refractivity contribution in [2.24, 2.45) is 0 Å². The van der Waals surface area contributed by atoms with Crippen molar-refractivity contribution in [3.8, 4) is 5.75 Å². The number of methoxy groups -OCH3 is 1. The molecule has 0 aliphatic carbocycles. The Morgan fingerprint density at radius 1 is 1.40 bits per heavy atom. The highest BCUT2D eigenvalue weighted by Gasteiger charge is 2.27. The van der Waals surface area contributed by atoms with Crippen molar-refractivity contribution < 1.29 is 24.1 Å². The molecule has 1 aromatic heterocycles. The number of ether oxygens (including phenoxy) is 3. The number of benzene rings is 1. The Kier molecular flexibility index (Phi) is 5.08. The van der Waals surface area contributed by atoms with Crippen molar-refractivity contribution in [1.82, 2.24) is 9.55 Å². The SMILES string of the molecule is COc1ccc(C(=O)Nc2ccn([C@@H]3CO[C@H](CO)O3)c(=O)n2)cc1. The summed E-state index contributed by atoms with van der Waals surface area (Å²) in [6, 6.07) is 8.02. The van der Waals surface area contributed by atoms with E-state index in [1.807, 2.05) is 0 Å². The number of amides is 1. The second-order valence-corrected chi connectivity index (χ2v) is 5.22. The Bertz CT molecular complexity index is 804.